The molecule has 0 radical (unpaired) electrons. The molecule has 176 valence electrons. The second-order valence-electron chi connectivity index (χ2n) is 9.71. The van der Waals surface area contributed by atoms with Gasteiger partial charge in [-0.2, -0.15) is 10.2 Å². The van der Waals surface area contributed by atoms with Gasteiger partial charge in [-0.3, -0.25) is 14.5 Å². The maximum Gasteiger partial charge on any atom is 0.256 e. The zero-order valence-corrected chi connectivity index (χ0v) is 20.4. The van der Waals surface area contributed by atoms with Gasteiger partial charge in [0.15, 0.2) is 11.5 Å². The van der Waals surface area contributed by atoms with Gasteiger partial charge < -0.3 is 5.32 Å². The van der Waals surface area contributed by atoms with Gasteiger partial charge in [0.1, 0.15) is 5.69 Å². The van der Waals surface area contributed by atoms with Gasteiger partial charge in [-0.25, -0.2) is 9.50 Å². The van der Waals surface area contributed by atoms with E-state index in [4.69, 9.17) is 5.10 Å². The number of rotatable bonds is 4. The predicted octanol–water partition coefficient (Wildman–Crippen LogP) is 5.05. The first-order valence-electron chi connectivity index (χ1n) is 11.4. The Morgan fingerprint density at radius 3 is 2.49 bits per heavy atom. The van der Waals surface area contributed by atoms with Crippen LogP contribution in [0.2, 0.25) is 0 Å². The Bertz CT molecular complexity index is 1540. The first-order chi connectivity index (χ1) is 16.7. The smallest absolute Gasteiger partial charge is 0.256 e. The average Bonchev–Trinajstić information content (AvgIpc) is 3.41. The fourth-order valence-electron chi connectivity index (χ4n) is 3.86. The molecule has 5 aromatic rings. The molecule has 5 rings (SSSR count). The van der Waals surface area contributed by atoms with Gasteiger partial charge in [-0.05, 0) is 31.2 Å². The molecule has 8 nitrogen and oxygen atoms in total. The second-order valence-corrected chi connectivity index (χ2v) is 9.71. The molecule has 4 aromatic heterocycles. The predicted molar refractivity (Wildman–Crippen MR) is 136 cm³/mol. The number of benzene rings is 1. The normalized spacial score (nSPS) is 11.7. The highest BCUT2D eigenvalue weighted by Crippen LogP contribution is 2.30. The van der Waals surface area contributed by atoms with E-state index in [1.54, 1.807) is 27.7 Å². The summed E-state index contributed by atoms with van der Waals surface area (Å²) >= 11 is 0. The molecule has 0 aliphatic rings. The van der Waals surface area contributed by atoms with Crippen LogP contribution in [-0.4, -0.2) is 35.3 Å². The summed E-state index contributed by atoms with van der Waals surface area (Å²) < 4.78 is 3.46. The van der Waals surface area contributed by atoms with Gasteiger partial charge in [0.05, 0.1) is 11.9 Å². The summed E-state index contributed by atoms with van der Waals surface area (Å²) in [6, 6.07) is 15.6. The van der Waals surface area contributed by atoms with Crippen molar-refractivity contribution in [3.8, 4) is 22.5 Å². The average molecular weight is 466 g/mol. The third kappa shape index (κ3) is 4.55. The number of amides is 1. The molecule has 0 unspecified atom stereocenters. The highest BCUT2D eigenvalue weighted by Gasteiger charge is 2.18. The summed E-state index contributed by atoms with van der Waals surface area (Å²) in [4.78, 5) is 21.8. The van der Waals surface area contributed by atoms with Crippen molar-refractivity contribution >= 4 is 17.4 Å². The third-order valence-corrected chi connectivity index (χ3v) is 5.78. The molecule has 0 spiro atoms. The Morgan fingerprint density at radius 1 is 0.971 bits per heavy atom. The standard InChI is InChI=1S/C27H27N7O/c1-17-6-8-18(9-7-17)25-20(15-33(5)32-25)21-10-11-24-29-23(16-34(24)31-21)30-26(35)19-12-13-28-22(14-19)27(2,3)4/h6-16H,1-5H3,(H,30,35). The van der Waals surface area contributed by atoms with E-state index in [-0.39, 0.29) is 11.3 Å². The zero-order chi connectivity index (χ0) is 24.7. The van der Waals surface area contributed by atoms with Gasteiger partial charge in [0.25, 0.3) is 5.91 Å². The molecule has 0 saturated heterocycles. The molecule has 0 aliphatic heterocycles. The Balaban J connectivity index is 1.44. The van der Waals surface area contributed by atoms with Gasteiger partial charge in [-0.1, -0.05) is 50.6 Å². The van der Waals surface area contributed by atoms with E-state index in [1.165, 1.54) is 5.56 Å². The summed E-state index contributed by atoms with van der Waals surface area (Å²) in [6.07, 6.45) is 5.33. The van der Waals surface area contributed by atoms with Gasteiger partial charge in [-0.15, -0.1) is 0 Å². The maximum absolute atomic E-state index is 12.9. The summed E-state index contributed by atoms with van der Waals surface area (Å²) in [6.45, 7) is 8.25. The molecule has 35 heavy (non-hydrogen) atoms. The molecule has 8 heteroatoms. The number of nitrogens with zero attached hydrogens (tertiary/aromatic N) is 6. The van der Waals surface area contributed by atoms with Crippen LogP contribution in [0.15, 0.2) is 67.1 Å². The lowest BCUT2D eigenvalue weighted by atomic mass is 9.91. The van der Waals surface area contributed by atoms with Crippen LogP contribution in [0, 0.1) is 6.92 Å². The number of pyridine rings is 1. The lowest BCUT2D eigenvalue weighted by molar-refractivity contribution is 0.102. The van der Waals surface area contributed by atoms with Crippen LogP contribution in [0.3, 0.4) is 0 Å². The summed E-state index contributed by atoms with van der Waals surface area (Å²) in [5, 5.41) is 12.3. The van der Waals surface area contributed by atoms with E-state index in [1.807, 2.05) is 31.4 Å². The van der Waals surface area contributed by atoms with Crippen molar-refractivity contribution in [2.75, 3.05) is 5.32 Å². The van der Waals surface area contributed by atoms with Crippen molar-refractivity contribution in [2.24, 2.45) is 7.05 Å². The van der Waals surface area contributed by atoms with Crippen molar-refractivity contribution in [3.05, 3.63) is 83.9 Å². The van der Waals surface area contributed by atoms with Crippen molar-refractivity contribution in [2.45, 2.75) is 33.1 Å². The van der Waals surface area contributed by atoms with Gasteiger partial charge in [0, 0.05) is 47.2 Å². The summed E-state index contributed by atoms with van der Waals surface area (Å²) in [5.41, 5.74) is 6.64. The molecule has 4 heterocycles. The third-order valence-electron chi connectivity index (χ3n) is 5.78. The molecule has 0 bridgehead atoms. The monoisotopic (exact) mass is 465 g/mol. The zero-order valence-electron chi connectivity index (χ0n) is 20.4. The minimum atomic E-state index is -0.240. The van der Waals surface area contributed by atoms with Crippen molar-refractivity contribution < 1.29 is 4.79 Å². The topological polar surface area (TPSA) is 90.0 Å². The molecular weight excluding hydrogens is 438 g/mol. The van der Waals surface area contributed by atoms with Gasteiger partial charge in [0.2, 0.25) is 0 Å². The van der Waals surface area contributed by atoms with Crippen LogP contribution in [0.5, 0.6) is 0 Å². The van der Waals surface area contributed by atoms with E-state index < -0.39 is 0 Å². The van der Waals surface area contributed by atoms with E-state index in [0.29, 0.717) is 17.0 Å². The molecule has 0 aliphatic carbocycles. The first kappa shape index (κ1) is 22.5. The molecule has 0 atom stereocenters. The Labute approximate surface area is 203 Å². The number of carbonyl (C=O) groups excluding carboxylic acids is 1. The highest BCUT2D eigenvalue weighted by atomic mass is 16.1. The first-order valence-corrected chi connectivity index (χ1v) is 11.4. The van der Waals surface area contributed by atoms with Crippen LogP contribution < -0.4 is 5.32 Å². The maximum atomic E-state index is 12.9. The van der Waals surface area contributed by atoms with E-state index >= 15 is 0 Å². The lowest BCUT2D eigenvalue weighted by Crippen LogP contribution is -2.17. The molecule has 0 fully saturated rings. The largest absolute Gasteiger partial charge is 0.305 e. The van der Waals surface area contributed by atoms with Crippen LogP contribution >= 0.6 is 0 Å². The SMILES string of the molecule is Cc1ccc(-c2nn(C)cc2-c2ccc3nc(NC(=O)c4ccnc(C(C)(C)C)c4)cn3n2)cc1. The van der Waals surface area contributed by atoms with Crippen LogP contribution in [0.25, 0.3) is 28.2 Å². The fraction of sp³-hybridized carbons (Fsp3) is 0.222. The molecule has 0 saturated carbocycles. The summed E-state index contributed by atoms with van der Waals surface area (Å²) in [7, 11) is 1.90. The number of aryl methyl sites for hydroxylation is 2. The van der Waals surface area contributed by atoms with Gasteiger partial charge >= 0.3 is 0 Å². The second kappa shape index (κ2) is 8.47. The Hall–Kier alpha value is -4.33. The fourth-order valence-corrected chi connectivity index (χ4v) is 3.86. The highest BCUT2D eigenvalue weighted by molar-refractivity contribution is 6.03. The lowest BCUT2D eigenvalue weighted by Gasteiger charge is -2.17. The number of imidazole rings is 1. The quantitative estimate of drug-likeness (QED) is 0.401. The number of carbonyl (C=O) groups is 1. The summed E-state index contributed by atoms with van der Waals surface area (Å²) in [5.74, 6) is 0.189. The number of fused-ring (bicyclic) bond motifs is 1. The number of anilines is 1. The Kier molecular flexibility index (Phi) is 5.43. The molecule has 1 amide bonds. The van der Waals surface area contributed by atoms with E-state index in [0.717, 1.165) is 28.2 Å². The molecule has 1 N–H and O–H groups in total. The minimum absolute atomic E-state index is 0.149. The van der Waals surface area contributed by atoms with Crippen LogP contribution in [-0.2, 0) is 12.5 Å². The van der Waals surface area contributed by atoms with Crippen LogP contribution in [0.1, 0.15) is 42.4 Å². The number of hydrogen-bond donors (Lipinski definition) is 1. The minimum Gasteiger partial charge on any atom is -0.305 e. The molecule has 1 aromatic carbocycles. The Morgan fingerprint density at radius 2 is 1.74 bits per heavy atom. The van der Waals surface area contributed by atoms with E-state index in [2.05, 4.69) is 72.3 Å². The number of nitrogens with one attached hydrogen (secondary N) is 1. The van der Waals surface area contributed by atoms with Crippen LogP contribution in [0.4, 0.5) is 5.82 Å². The number of aromatic nitrogens is 6. The number of hydrogen-bond acceptors (Lipinski definition) is 5. The van der Waals surface area contributed by atoms with Crippen molar-refractivity contribution in [3.63, 3.8) is 0 Å². The van der Waals surface area contributed by atoms with E-state index in [9.17, 15) is 4.79 Å². The van der Waals surface area contributed by atoms with Crippen molar-refractivity contribution in [1.82, 2.24) is 29.4 Å². The van der Waals surface area contributed by atoms with Crippen molar-refractivity contribution in [1.29, 1.82) is 0 Å². The molecular formula is C27H27N7O.